The number of hydrogen-bond acceptors (Lipinski definition) is 3. The van der Waals surface area contributed by atoms with Crippen LogP contribution in [0.3, 0.4) is 0 Å². The van der Waals surface area contributed by atoms with Crippen LogP contribution in [-0.2, 0) is 0 Å². The van der Waals surface area contributed by atoms with Crippen molar-refractivity contribution < 1.29 is 0 Å². The third kappa shape index (κ3) is 3.14. The van der Waals surface area contributed by atoms with Crippen LogP contribution < -0.4 is 0 Å². The quantitative estimate of drug-likeness (QED) is 0.754. The monoisotopic (exact) mass is 242 g/mol. The molecule has 2 aliphatic heterocycles. The van der Waals surface area contributed by atoms with E-state index in [0.717, 1.165) is 17.7 Å². The Bertz CT molecular complexity index is 206. The van der Waals surface area contributed by atoms with Gasteiger partial charge in [0.15, 0.2) is 0 Å². The molecule has 2 atom stereocenters. The number of rotatable bonds is 4. The molecule has 0 aromatic rings. The predicted molar refractivity (Wildman–Crippen MR) is 73.3 cm³/mol. The van der Waals surface area contributed by atoms with Gasteiger partial charge in [-0.15, -0.1) is 0 Å². The van der Waals surface area contributed by atoms with Gasteiger partial charge in [-0.25, -0.2) is 0 Å². The molecule has 0 saturated carbocycles. The third-order valence-corrected chi connectivity index (χ3v) is 4.79. The van der Waals surface area contributed by atoms with Gasteiger partial charge in [-0.2, -0.15) is 12.6 Å². The van der Waals surface area contributed by atoms with Gasteiger partial charge < -0.3 is 4.90 Å². The normalized spacial score (nSPS) is 30.0. The highest BCUT2D eigenvalue weighted by Gasteiger charge is 2.29. The summed E-state index contributed by atoms with van der Waals surface area (Å²) in [5.41, 5.74) is 0. The van der Waals surface area contributed by atoms with E-state index in [1.807, 2.05) is 0 Å². The average Bonchev–Trinajstić information content (AvgIpc) is 2.35. The molecule has 2 heterocycles. The molecule has 0 aliphatic carbocycles. The molecule has 2 unspecified atom stereocenters. The molecule has 94 valence electrons. The average molecular weight is 242 g/mol. The fourth-order valence-electron chi connectivity index (χ4n) is 3.07. The van der Waals surface area contributed by atoms with Crippen molar-refractivity contribution in [2.75, 3.05) is 38.5 Å². The third-order valence-electron chi connectivity index (χ3n) is 4.27. The molecule has 0 amide bonds. The first-order valence-corrected chi connectivity index (χ1v) is 7.54. The van der Waals surface area contributed by atoms with Gasteiger partial charge in [0.2, 0.25) is 0 Å². The van der Waals surface area contributed by atoms with Gasteiger partial charge >= 0.3 is 0 Å². The van der Waals surface area contributed by atoms with Crippen LogP contribution in [0.4, 0.5) is 0 Å². The predicted octanol–water partition coefficient (Wildman–Crippen LogP) is 2.11. The standard InChI is InChI=1S/C13H26N2S/c1-2-12(11-16)9-14-7-8-15-6-4-3-5-13(15)10-14/h12-13,16H,2-11H2,1H3. The van der Waals surface area contributed by atoms with E-state index in [1.165, 1.54) is 58.4 Å². The highest BCUT2D eigenvalue weighted by molar-refractivity contribution is 7.80. The van der Waals surface area contributed by atoms with Gasteiger partial charge in [0, 0.05) is 32.2 Å². The first-order chi connectivity index (χ1) is 7.83. The minimum Gasteiger partial charge on any atom is -0.300 e. The van der Waals surface area contributed by atoms with Gasteiger partial charge in [-0.05, 0) is 31.1 Å². The fraction of sp³-hybridized carbons (Fsp3) is 1.00. The fourth-order valence-corrected chi connectivity index (χ4v) is 3.44. The van der Waals surface area contributed by atoms with Gasteiger partial charge in [0.1, 0.15) is 0 Å². The molecule has 2 aliphatic rings. The summed E-state index contributed by atoms with van der Waals surface area (Å²) in [5.74, 6) is 1.83. The van der Waals surface area contributed by atoms with Crippen molar-refractivity contribution >= 4 is 12.6 Å². The molecule has 0 aromatic heterocycles. The zero-order chi connectivity index (χ0) is 11.4. The van der Waals surface area contributed by atoms with Crippen LogP contribution in [0.15, 0.2) is 0 Å². The minimum atomic E-state index is 0.790. The Balaban J connectivity index is 1.80. The highest BCUT2D eigenvalue weighted by atomic mass is 32.1. The Labute approximate surface area is 106 Å². The minimum absolute atomic E-state index is 0.790. The van der Waals surface area contributed by atoms with Crippen molar-refractivity contribution in [2.45, 2.75) is 38.6 Å². The van der Waals surface area contributed by atoms with Crippen LogP contribution in [0.2, 0.25) is 0 Å². The van der Waals surface area contributed by atoms with Crippen LogP contribution in [0.5, 0.6) is 0 Å². The second kappa shape index (κ2) is 6.27. The van der Waals surface area contributed by atoms with Gasteiger partial charge in [-0.3, -0.25) is 4.90 Å². The van der Waals surface area contributed by atoms with Crippen molar-refractivity contribution in [1.29, 1.82) is 0 Å². The number of piperazine rings is 1. The summed E-state index contributed by atoms with van der Waals surface area (Å²) in [6.45, 7) is 8.79. The number of hydrogen-bond donors (Lipinski definition) is 1. The molecule has 2 fully saturated rings. The van der Waals surface area contributed by atoms with Crippen LogP contribution >= 0.6 is 12.6 Å². The molecule has 3 heteroatoms. The molecular weight excluding hydrogens is 216 g/mol. The maximum atomic E-state index is 4.45. The molecule has 2 nitrogen and oxygen atoms in total. The van der Waals surface area contributed by atoms with E-state index in [-0.39, 0.29) is 0 Å². The van der Waals surface area contributed by atoms with Gasteiger partial charge in [0.05, 0.1) is 0 Å². The van der Waals surface area contributed by atoms with E-state index < -0.39 is 0 Å². The van der Waals surface area contributed by atoms with Crippen molar-refractivity contribution in [3.63, 3.8) is 0 Å². The first kappa shape index (κ1) is 12.7. The maximum Gasteiger partial charge on any atom is 0.0223 e. The molecular formula is C13H26N2S. The number of thiol groups is 1. The molecule has 0 aromatic carbocycles. The van der Waals surface area contributed by atoms with Crippen LogP contribution in [0.1, 0.15) is 32.6 Å². The van der Waals surface area contributed by atoms with Crippen molar-refractivity contribution in [3.05, 3.63) is 0 Å². The summed E-state index contributed by atoms with van der Waals surface area (Å²) >= 11 is 4.45. The van der Waals surface area contributed by atoms with Crippen molar-refractivity contribution in [2.24, 2.45) is 5.92 Å². The zero-order valence-corrected chi connectivity index (χ0v) is 11.5. The number of nitrogens with zero attached hydrogens (tertiary/aromatic N) is 2. The van der Waals surface area contributed by atoms with Crippen molar-refractivity contribution in [1.82, 2.24) is 9.80 Å². The molecule has 0 radical (unpaired) electrons. The second-order valence-electron chi connectivity index (χ2n) is 5.40. The lowest BCUT2D eigenvalue weighted by molar-refractivity contribution is 0.0431. The largest absolute Gasteiger partial charge is 0.300 e. The summed E-state index contributed by atoms with van der Waals surface area (Å²) in [6.07, 6.45) is 5.56. The number of piperidine rings is 1. The van der Waals surface area contributed by atoms with E-state index in [2.05, 4.69) is 29.4 Å². The van der Waals surface area contributed by atoms with E-state index in [4.69, 9.17) is 0 Å². The highest BCUT2D eigenvalue weighted by Crippen LogP contribution is 2.22. The van der Waals surface area contributed by atoms with Gasteiger partial charge in [0.25, 0.3) is 0 Å². The topological polar surface area (TPSA) is 6.48 Å². The van der Waals surface area contributed by atoms with Gasteiger partial charge in [-0.1, -0.05) is 19.8 Å². The molecule has 2 saturated heterocycles. The lowest BCUT2D eigenvalue weighted by atomic mass is 9.98. The Morgan fingerprint density at radius 3 is 2.88 bits per heavy atom. The summed E-state index contributed by atoms with van der Waals surface area (Å²) in [7, 11) is 0. The zero-order valence-electron chi connectivity index (χ0n) is 10.6. The van der Waals surface area contributed by atoms with Crippen LogP contribution in [0.25, 0.3) is 0 Å². The molecule has 0 N–H and O–H groups in total. The Morgan fingerprint density at radius 2 is 2.12 bits per heavy atom. The summed E-state index contributed by atoms with van der Waals surface area (Å²) in [6, 6.07) is 0.861. The maximum absolute atomic E-state index is 4.45. The van der Waals surface area contributed by atoms with E-state index in [0.29, 0.717) is 0 Å². The van der Waals surface area contributed by atoms with E-state index in [9.17, 15) is 0 Å². The molecule has 0 spiro atoms. The molecule has 16 heavy (non-hydrogen) atoms. The summed E-state index contributed by atoms with van der Waals surface area (Å²) < 4.78 is 0. The van der Waals surface area contributed by atoms with E-state index in [1.54, 1.807) is 0 Å². The SMILES string of the molecule is CCC(CS)CN1CCN2CCCCC2C1. The first-order valence-electron chi connectivity index (χ1n) is 6.90. The summed E-state index contributed by atoms with van der Waals surface area (Å²) in [5, 5.41) is 0. The molecule has 0 bridgehead atoms. The Kier molecular flexibility index (Phi) is 4.98. The van der Waals surface area contributed by atoms with Crippen molar-refractivity contribution in [3.8, 4) is 0 Å². The Morgan fingerprint density at radius 1 is 1.25 bits per heavy atom. The smallest absolute Gasteiger partial charge is 0.0223 e. The number of fused-ring (bicyclic) bond motifs is 1. The van der Waals surface area contributed by atoms with Crippen LogP contribution in [0, 0.1) is 5.92 Å². The van der Waals surface area contributed by atoms with Crippen LogP contribution in [-0.4, -0.2) is 54.3 Å². The Hall–Kier alpha value is 0.270. The van der Waals surface area contributed by atoms with E-state index >= 15 is 0 Å². The lowest BCUT2D eigenvalue weighted by Gasteiger charge is -2.44. The second-order valence-corrected chi connectivity index (χ2v) is 5.77. The summed E-state index contributed by atoms with van der Waals surface area (Å²) in [4.78, 5) is 5.39. The molecule has 2 rings (SSSR count). The lowest BCUT2D eigenvalue weighted by Crippen LogP contribution is -2.55.